The maximum Gasteiger partial charge on any atom is 0.0423 e. The summed E-state index contributed by atoms with van der Waals surface area (Å²) < 4.78 is 0. The first-order chi connectivity index (χ1) is 10.2. The van der Waals surface area contributed by atoms with Crippen LogP contribution in [0.5, 0.6) is 0 Å². The Kier molecular flexibility index (Phi) is 5.43. The Balaban J connectivity index is 1.63. The Labute approximate surface area is 138 Å². The molecule has 0 bridgehead atoms. The van der Waals surface area contributed by atoms with Crippen LogP contribution in [0.25, 0.3) is 0 Å². The fraction of sp³-hybridized carbons (Fsp3) is 0.700. The van der Waals surface area contributed by atoms with E-state index in [9.17, 15) is 0 Å². The Morgan fingerprint density at radius 2 is 1.48 bits per heavy atom. The lowest BCUT2D eigenvalue weighted by Crippen LogP contribution is -2.16. The van der Waals surface area contributed by atoms with Crippen molar-refractivity contribution in [3.63, 3.8) is 0 Å². The smallest absolute Gasteiger partial charge is 0.0423 e. The minimum Gasteiger partial charge on any atom is -0.0836 e. The first-order valence-electron chi connectivity index (χ1n) is 8.98. The summed E-state index contributed by atoms with van der Waals surface area (Å²) in [4.78, 5) is 0.561. The topological polar surface area (TPSA) is 0 Å². The van der Waals surface area contributed by atoms with Gasteiger partial charge in [0.15, 0.2) is 0 Å². The molecule has 0 heterocycles. The quantitative estimate of drug-likeness (QED) is 0.516. The maximum atomic E-state index is 3.99. The predicted molar refractivity (Wildman–Crippen MR) is 95.1 cm³/mol. The van der Waals surface area contributed by atoms with Crippen molar-refractivity contribution in [2.24, 2.45) is 11.8 Å². The molecule has 2 saturated carbocycles. The first-order valence-corrected chi connectivity index (χ1v) is 9.89. The van der Waals surface area contributed by atoms with Crippen LogP contribution in [0.1, 0.15) is 86.6 Å². The summed E-state index contributed by atoms with van der Waals surface area (Å²) in [6.07, 6.45) is 12.7. The van der Waals surface area contributed by atoms with E-state index in [1.54, 1.807) is 5.56 Å². The van der Waals surface area contributed by atoms with Crippen LogP contribution in [0.2, 0.25) is 0 Å². The molecule has 0 spiro atoms. The second-order valence-corrected chi connectivity index (χ2v) is 8.41. The molecule has 1 heteroatoms. The van der Waals surface area contributed by atoms with Crippen molar-refractivity contribution in [3.8, 4) is 0 Å². The molecule has 0 N–H and O–H groups in total. The SMILES string of the molecule is CC1CCC(C(Br)c2ccc(C3CCCCC3)cc2)CC1. The highest BCUT2D eigenvalue weighted by Gasteiger charge is 2.25. The zero-order valence-electron chi connectivity index (χ0n) is 13.4. The molecule has 1 aromatic carbocycles. The molecule has 0 aromatic heterocycles. The van der Waals surface area contributed by atoms with Crippen LogP contribution in [0, 0.1) is 11.8 Å². The zero-order chi connectivity index (χ0) is 14.7. The molecule has 0 saturated heterocycles. The van der Waals surface area contributed by atoms with Crippen molar-refractivity contribution >= 4 is 15.9 Å². The van der Waals surface area contributed by atoms with Crippen molar-refractivity contribution in [3.05, 3.63) is 35.4 Å². The molecule has 0 nitrogen and oxygen atoms in total. The van der Waals surface area contributed by atoms with Gasteiger partial charge in [-0.2, -0.15) is 0 Å². The predicted octanol–water partition coefficient (Wildman–Crippen LogP) is 7.00. The first kappa shape index (κ1) is 15.6. The zero-order valence-corrected chi connectivity index (χ0v) is 14.9. The van der Waals surface area contributed by atoms with Crippen molar-refractivity contribution in [2.75, 3.05) is 0 Å². The van der Waals surface area contributed by atoms with Crippen molar-refractivity contribution in [1.82, 2.24) is 0 Å². The lowest BCUT2D eigenvalue weighted by atomic mass is 9.79. The van der Waals surface area contributed by atoms with Gasteiger partial charge < -0.3 is 0 Å². The molecule has 2 aliphatic rings. The summed E-state index contributed by atoms with van der Waals surface area (Å²) in [5.41, 5.74) is 3.07. The van der Waals surface area contributed by atoms with Gasteiger partial charge >= 0.3 is 0 Å². The van der Waals surface area contributed by atoms with Crippen molar-refractivity contribution < 1.29 is 0 Å². The van der Waals surface area contributed by atoms with Crippen LogP contribution in [-0.4, -0.2) is 0 Å². The van der Waals surface area contributed by atoms with Gasteiger partial charge in [-0.1, -0.05) is 79.2 Å². The van der Waals surface area contributed by atoms with Gasteiger partial charge in [0.05, 0.1) is 0 Å². The molecule has 1 unspecified atom stereocenters. The molecule has 2 aliphatic carbocycles. The summed E-state index contributed by atoms with van der Waals surface area (Å²) in [6.45, 7) is 2.40. The minimum atomic E-state index is 0.561. The largest absolute Gasteiger partial charge is 0.0836 e. The van der Waals surface area contributed by atoms with E-state index in [-0.39, 0.29) is 0 Å². The normalized spacial score (nSPS) is 29.2. The average molecular weight is 349 g/mol. The summed E-state index contributed by atoms with van der Waals surface area (Å²) in [6, 6.07) is 9.60. The second-order valence-electron chi connectivity index (χ2n) is 7.42. The van der Waals surface area contributed by atoms with E-state index in [1.807, 2.05) is 0 Å². The third-order valence-electron chi connectivity index (χ3n) is 5.81. The molecule has 0 aliphatic heterocycles. The fourth-order valence-corrected chi connectivity index (χ4v) is 5.07. The van der Waals surface area contributed by atoms with E-state index < -0.39 is 0 Å². The molecular formula is C20H29Br. The Morgan fingerprint density at radius 3 is 2.10 bits per heavy atom. The van der Waals surface area contributed by atoms with Gasteiger partial charge in [0.25, 0.3) is 0 Å². The van der Waals surface area contributed by atoms with Crippen LogP contribution < -0.4 is 0 Å². The number of hydrogen-bond acceptors (Lipinski definition) is 0. The maximum absolute atomic E-state index is 3.99. The summed E-state index contributed by atoms with van der Waals surface area (Å²) in [5, 5.41) is 0. The van der Waals surface area contributed by atoms with Gasteiger partial charge in [-0.05, 0) is 54.6 Å². The second kappa shape index (κ2) is 7.31. The summed E-state index contributed by atoms with van der Waals surface area (Å²) in [7, 11) is 0. The summed E-state index contributed by atoms with van der Waals surface area (Å²) in [5.74, 6) is 2.61. The fourth-order valence-electron chi connectivity index (χ4n) is 4.24. The highest BCUT2D eigenvalue weighted by atomic mass is 79.9. The Morgan fingerprint density at radius 1 is 0.857 bits per heavy atom. The molecule has 1 atom stereocenters. The van der Waals surface area contributed by atoms with Gasteiger partial charge in [0.2, 0.25) is 0 Å². The third kappa shape index (κ3) is 3.92. The van der Waals surface area contributed by atoms with Gasteiger partial charge in [-0.25, -0.2) is 0 Å². The molecule has 3 rings (SSSR count). The Bertz CT molecular complexity index is 422. The van der Waals surface area contributed by atoms with Gasteiger partial charge in [-0.15, -0.1) is 0 Å². The molecule has 1 aromatic rings. The van der Waals surface area contributed by atoms with Crippen LogP contribution >= 0.6 is 15.9 Å². The molecule has 116 valence electrons. The van der Waals surface area contributed by atoms with Crippen LogP contribution in [0.4, 0.5) is 0 Å². The highest BCUT2D eigenvalue weighted by Crippen LogP contribution is 2.42. The lowest BCUT2D eigenvalue weighted by Gasteiger charge is -2.30. The number of benzene rings is 1. The monoisotopic (exact) mass is 348 g/mol. The number of rotatable bonds is 3. The van der Waals surface area contributed by atoms with Gasteiger partial charge in [0.1, 0.15) is 0 Å². The van der Waals surface area contributed by atoms with E-state index in [2.05, 4.69) is 47.1 Å². The van der Waals surface area contributed by atoms with Crippen LogP contribution in [-0.2, 0) is 0 Å². The Hall–Kier alpha value is -0.300. The average Bonchev–Trinajstić information content (AvgIpc) is 2.56. The van der Waals surface area contributed by atoms with E-state index >= 15 is 0 Å². The molecule has 21 heavy (non-hydrogen) atoms. The molecule has 2 fully saturated rings. The standard InChI is InChI=1S/C20H29Br/c1-15-7-9-18(10-8-15)20(21)19-13-11-17(12-14-19)16-5-3-2-4-6-16/h11-16,18,20H,2-10H2,1H3. The van der Waals surface area contributed by atoms with Crippen LogP contribution in [0.15, 0.2) is 24.3 Å². The minimum absolute atomic E-state index is 0.561. The van der Waals surface area contributed by atoms with Crippen molar-refractivity contribution in [1.29, 1.82) is 0 Å². The highest BCUT2D eigenvalue weighted by molar-refractivity contribution is 9.09. The third-order valence-corrected chi connectivity index (χ3v) is 7.08. The molecule has 0 radical (unpaired) electrons. The number of hydrogen-bond donors (Lipinski definition) is 0. The number of alkyl halides is 1. The summed E-state index contributed by atoms with van der Waals surface area (Å²) >= 11 is 3.99. The van der Waals surface area contributed by atoms with E-state index in [0.29, 0.717) is 4.83 Å². The van der Waals surface area contributed by atoms with Crippen LogP contribution in [0.3, 0.4) is 0 Å². The van der Waals surface area contributed by atoms with E-state index in [1.165, 1.54) is 63.4 Å². The van der Waals surface area contributed by atoms with Crippen molar-refractivity contribution in [2.45, 2.75) is 75.5 Å². The molecule has 0 amide bonds. The van der Waals surface area contributed by atoms with E-state index in [0.717, 1.165) is 17.8 Å². The van der Waals surface area contributed by atoms with Gasteiger partial charge in [-0.3, -0.25) is 0 Å². The van der Waals surface area contributed by atoms with E-state index in [4.69, 9.17) is 0 Å². The molecular weight excluding hydrogens is 320 g/mol. The lowest BCUT2D eigenvalue weighted by molar-refractivity contribution is 0.287. The number of halogens is 1. The van der Waals surface area contributed by atoms with Gasteiger partial charge in [0, 0.05) is 4.83 Å².